The summed E-state index contributed by atoms with van der Waals surface area (Å²) in [6.07, 6.45) is 2.96. The number of carboxylic acids is 1. The number of benzene rings is 1. The number of halogens is 2. The molecular weight excluding hydrogens is 315 g/mol. The number of hydrogen-bond donors (Lipinski definition) is 3. The number of anilines is 1. The number of carboxylic acid groups (broad SMARTS) is 1. The number of nitrogens with one attached hydrogen (secondary N) is 2. The van der Waals surface area contributed by atoms with Crippen LogP contribution in [0.2, 0.25) is 10.0 Å². The summed E-state index contributed by atoms with van der Waals surface area (Å²) >= 11 is 11.9. The monoisotopic (exact) mass is 332 g/mol. The lowest BCUT2D eigenvalue weighted by Crippen LogP contribution is -2.36. The van der Waals surface area contributed by atoms with Gasteiger partial charge in [0.25, 0.3) is 0 Å². The van der Waals surface area contributed by atoms with Gasteiger partial charge in [0.15, 0.2) is 0 Å². The molecular formula is C14H18Cl2N2O3. The molecule has 116 valence electrons. The van der Waals surface area contributed by atoms with Crippen LogP contribution in [0.5, 0.6) is 0 Å². The Morgan fingerprint density at radius 1 is 1.29 bits per heavy atom. The van der Waals surface area contributed by atoms with Gasteiger partial charge < -0.3 is 15.7 Å². The third-order valence-corrected chi connectivity index (χ3v) is 3.49. The molecule has 0 aliphatic rings. The van der Waals surface area contributed by atoms with Crippen molar-refractivity contribution in [1.29, 1.82) is 0 Å². The first-order valence-corrected chi connectivity index (χ1v) is 7.40. The first kappa shape index (κ1) is 17.6. The zero-order valence-electron chi connectivity index (χ0n) is 11.9. The molecule has 1 aromatic carbocycles. The number of carbonyl (C=O) groups excluding carboxylic acids is 1. The standard InChI is InChI=1S/C14H18Cl2N2O3/c1-3-4-5-8(2)17-14(21)18-12-10(15)6-9(13(19)20)7-11(12)16/h6-8H,3-5H2,1-2H3,(H,19,20)(H2,17,18,21). The van der Waals surface area contributed by atoms with Crippen LogP contribution in [-0.4, -0.2) is 23.1 Å². The van der Waals surface area contributed by atoms with Crippen LogP contribution in [0.25, 0.3) is 0 Å². The number of amides is 2. The lowest BCUT2D eigenvalue weighted by Gasteiger charge is -2.15. The average Bonchev–Trinajstić information content (AvgIpc) is 2.40. The third-order valence-electron chi connectivity index (χ3n) is 2.90. The molecule has 0 heterocycles. The topological polar surface area (TPSA) is 78.4 Å². The van der Waals surface area contributed by atoms with Gasteiger partial charge in [0, 0.05) is 6.04 Å². The number of rotatable bonds is 6. The number of hydrogen-bond acceptors (Lipinski definition) is 2. The molecule has 1 aromatic rings. The second kappa shape index (κ2) is 8.10. The van der Waals surface area contributed by atoms with Crippen LogP contribution in [0.1, 0.15) is 43.5 Å². The summed E-state index contributed by atoms with van der Waals surface area (Å²) in [5, 5.41) is 14.4. The van der Waals surface area contributed by atoms with Gasteiger partial charge in [0.05, 0.1) is 21.3 Å². The van der Waals surface area contributed by atoms with E-state index in [-0.39, 0.29) is 27.3 Å². The van der Waals surface area contributed by atoms with Gasteiger partial charge in [-0.3, -0.25) is 0 Å². The maximum atomic E-state index is 11.9. The molecule has 0 saturated heterocycles. The minimum Gasteiger partial charge on any atom is -0.478 e. The highest BCUT2D eigenvalue weighted by molar-refractivity contribution is 6.40. The van der Waals surface area contributed by atoms with E-state index in [2.05, 4.69) is 17.6 Å². The van der Waals surface area contributed by atoms with Crippen LogP contribution < -0.4 is 10.6 Å². The Labute approximate surface area is 133 Å². The Kier molecular flexibility index (Phi) is 6.78. The fourth-order valence-electron chi connectivity index (χ4n) is 1.77. The molecule has 1 unspecified atom stereocenters. The fraction of sp³-hybridized carbons (Fsp3) is 0.429. The maximum Gasteiger partial charge on any atom is 0.335 e. The Bertz CT molecular complexity index is 512. The van der Waals surface area contributed by atoms with Crippen molar-refractivity contribution in [2.75, 3.05) is 5.32 Å². The molecule has 7 heteroatoms. The van der Waals surface area contributed by atoms with E-state index in [4.69, 9.17) is 28.3 Å². The summed E-state index contributed by atoms with van der Waals surface area (Å²) < 4.78 is 0. The van der Waals surface area contributed by atoms with Crippen molar-refractivity contribution < 1.29 is 14.7 Å². The number of urea groups is 1. The van der Waals surface area contributed by atoms with Gasteiger partial charge in [-0.25, -0.2) is 9.59 Å². The fourth-order valence-corrected chi connectivity index (χ4v) is 2.35. The van der Waals surface area contributed by atoms with Crippen molar-refractivity contribution in [3.05, 3.63) is 27.7 Å². The molecule has 1 atom stereocenters. The van der Waals surface area contributed by atoms with Crippen LogP contribution in [0.3, 0.4) is 0 Å². The zero-order valence-corrected chi connectivity index (χ0v) is 13.4. The SMILES string of the molecule is CCCCC(C)NC(=O)Nc1c(Cl)cc(C(=O)O)cc1Cl. The minimum atomic E-state index is -1.14. The molecule has 0 aliphatic carbocycles. The van der Waals surface area contributed by atoms with Gasteiger partial charge in [-0.2, -0.15) is 0 Å². The molecule has 0 radical (unpaired) electrons. The van der Waals surface area contributed by atoms with Crippen LogP contribution in [0.4, 0.5) is 10.5 Å². The summed E-state index contributed by atoms with van der Waals surface area (Å²) in [5.74, 6) is -1.14. The molecule has 0 aliphatic heterocycles. The number of aromatic carboxylic acids is 1. The van der Waals surface area contributed by atoms with Crippen molar-refractivity contribution in [3.63, 3.8) is 0 Å². The zero-order chi connectivity index (χ0) is 16.0. The first-order chi connectivity index (χ1) is 9.85. The Balaban J connectivity index is 2.74. The minimum absolute atomic E-state index is 0.0285. The van der Waals surface area contributed by atoms with E-state index in [0.717, 1.165) is 19.3 Å². The quantitative estimate of drug-likeness (QED) is 0.722. The van der Waals surface area contributed by atoms with Crippen LogP contribution in [0.15, 0.2) is 12.1 Å². The highest BCUT2D eigenvalue weighted by atomic mass is 35.5. The second-order valence-electron chi connectivity index (χ2n) is 4.76. The summed E-state index contributed by atoms with van der Waals surface area (Å²) in [6.45, 7) is 3.99. The Morgan fingerprint density at radius 3 is 2.33 bits per heavy atom. The predicted octanol–water partition coefficient (Wildman–Crippen LogP) is 4.39. The molecule has 0 aromatic heterocycles. The van der Waals surface area contributed by atoms with E-state index in [0.29, 0.717) is 0 Å². The smallest absolute Gasteiger partial charge is 0.335 e. The van der Waals surface area contributed by atoms with Gasteiger partial charge >= 0.3 is 12.0 Å². The third kappa shape index (κ3) is 5.44. The summed E-state index contributed by atoms with van der Waals surface area (Å²) in [5.41, 5.74) is 0.163. The van der Waals surface area contributed by atoms with Crippen molar-refractivity contribution in [2.24, 2.45) is 0 Å². The molecule has 0 fully saturated rings. The van der Waals surface area contributed by atoms with Crippen molar-refractivity contribution in [3.8, 4) is 0 Å². The van der Waals surface area contributed by atoms with E-state index in [1.165, 1.54) is 12.1 Å². The van der Waals surface area contributed by atoms with Gasteiger partial charge in [0.2, 0.25) is 0 Å². The first-order valence-electron chi connectivity index (χ1n) is 6.65. The van der Waals surface area contributed by atoms with Crippen molar-refractivity contribution in [2.45, 2.75) is 39.2 Å². The molecule has 21 heavy (non-hydrogen) atoms. The molecule has 0 bridgehead atoms. The van der Waals surface area contributed by atoms with Crippen molar-refractivity contribution >= 4 is 40.9 Å². The lowest BCUT2D eigenvalue weighted by molar-refractivity contribution is 0.0697. The molecule has 2 amide bonds. The van der Waals surface area contributed by atoms with Crippen LogP contribution >= 0.6 is 23.2 Å². The van der Waals surface area contributed by atoms with E-state index in [9.17, 15) is 9.59 Å². The maximum absolute atomic E-state index is 11.9. The molecule has 0 saturated carbocycles. The number of carbonyl (C=O) groups is 2. The second-order valence-corrected chi connectivity index (χ2v) is 5.58. The van der Waals surface area contributed by atoms with Gasteiger partial charge in [0.1, 0.15) is 0 Å². The Morgan fingerprint density at radius 2 is 1.86 bits per heavy atom. The van der Waals surface area contributed by atoms with Gasteiger partial charge in [-0.05, 0) is 25.5 Å². The van der Waals surface area contributed by atoms with Gasteiger partial charge in [-0.15, -0.1) is 0 Å². The predicted molar refractivity (Wildman–Crippen MR) is 84.6 cm³/mol. The van der Waals surface area contributed by atoms with Crippen molar-refractivity contribution in [1.82, 2.24) is 5.32 Å². The van der Waals surface area contributed by atoms with Crippen LogP contribution in [0, 0.1) is 0 Å². The molecule has 5 nitrogen and oxygen atoms in total. The average molecular weight is 333 g/mol. The largest absolute Gasteiger partial charge is 0.478 e. The molecule has 0 spiro atoms. The van der Waals surface area contributed by atoms with Gasteiger partial charge in [-0.1, -0.05) is 43.0 Å². The number of unbranched alkanes of at least 4 members (excludes halogenated alkanes) is 1. The summed E-state index contributed by atoms with van der Waals surface area (Å²) in [7, 11) is 0. The van der Waals surface area contributed by atoms with E-state index >= 15 is 0 Å². The Hall–Kier alpha value is -1.46. The lowest BCUT2D eigenvalue weighted by atomic mass is 10.1. The van der Waals surface area contributed by atoms with E-state index in [1.54, 1.807) is 0 Å². The highest BCUT2D eigenvalue weighted by Crippen LogP contribution is 2.31. The normalized spacial score (nSPS) is 11.8. The summed E-state index contributed by atoms with van der Waals surface area (Å²) in [6, 6.07) is 2.09. The molecule has 1 rings (SSSR count). The van der Waals surface area contributed by atoms with E-state index in [1.807, 2.05) is 6.92 Å². The molecule has 3 N–H and O–H groups in total. The summed E-state index contributed by atoms with van der Waals surface area (Å²) in [4.78, 5) is 22.7. The highest BCUT2D eigenvalue weighted by Gasteiger charge is 2.15. The van der Waals surface area contributed by atoms with E-state index < -0.39 is 12.0 Å². The van der Waals surface area contributed by atoms with Crippen LogP contribution in [-0.2, 0) is 0 Å².